The molecule has 1 aromatic heterocycles. The summed E-state index contributed by atoms with van der Waals surface area (Å²) in [5.41, 5.74) is 6.27. The number of benzene rings is 1. The predicted molar refractivity (Wildman–Crippen MR) is 66.8 cm³/mol. The molecule has 8 heteroatoms. The van der Waals surface area contributed by atoms with Gasteiger partial charge in [-0.15, -0.1) is 0 Å². The molecule has 0 unspecified atom stereocenters. The van der Waals surface area contributed by atoms with Crippen LogP contribution < -0.4 is 15.2 Å². The van der Waals surface area contributed by atoms with E-state index < -0.39 is 10.0 Å². The van der Waals surface area contributed by atoms with Crippen LogP contribution in [0.25, 0.3) is 0 Å². The summed E-state index contributed by atoms with van der Waals surface area (Å²) in [7, 11) is -2.21. The number of hydrogen-bond acceptors (Lipinski definition) is 5. The Hall–Kier alpha value is -2.22. The van der Waals surface area contributed by atoms with Crippen LogP contribution >= 0.6 is 0 Å². The first-order valence-corrected chi connectivity index (χ1v) is 6.46. The molecule has 7 nitrogen and oxygen atoms in total. The SMILES string of the molecule is COc1ccc(S(=O)(=O)Nc2cn[nH]c2)cc1N. The van der Waals surface area contributed by atoms with E-state index in [2.05, 4.69) is 14.9 Å². The van der Waals surface area contributed by atoms with E-state index in [1.165, 1.54) is 37.7 Å². The zero-order valence-electron chi connectivity index (χ0n) is 9.54. The lowest BCUT2D eigenvalue weighted by atomic mass is 10.3. The van der Waals surface area contributed by atoms with Gasteiger partial charge < -0.3 is 10.5 Å². The van der Waals surface area contributed by atoms with Gasteiger partial charge in [0.2, 0.25) is 0 Å². The van der Waals surface area contributed by atoms with E-state index in [0.717, 1.165) is 0 Å². The zero-order valence-corrected chi connectivity index (χ0v) is 10.4. The number of nitrogens with zero attached hydrogens (tertiary/aromatic N) is 1. The first-order chi connectivity index (χ1) is 8.53. The number of sulfonamides is 1. The Morgan fingerprint density at radius 1 is 1.44 bits per heavy atom. The smallest absolute Gasteiger partial charge is 0.262 e. The van der Waals surface area contributed by atoms with Crippen molar-refractivity contribution >= 4 is 21.4 Å². The molecule has 0 aliphatic heterocycles. The Morgan fingerprint density at radius 3 is 2.78 bits per heavy atom. The molecule has 0 atom stereocenters. The van der Waals surface area contributed by atoms with Gasteiger partial charge in [0.1, 0.15) is 5.75 Å². The molecule has 1 heterocycles. The van der Waals surface area contributed by atoms with Crippen LogP contribution in [0.3, 0.4) is 0 Å². The number of nitrogen functional groups attached to an aromatic ring is 1. The number of rotatable bonds is 4. The monoisotopic (exact) mass is 268 g/mol. The maximum Gasteiger partial charge on any atom is 0.262 e. The van der Waals surface area contributed by atoms with Crippen molar-refractivity contribution in [1.82, 2.24) is 10.2 Å². The summed E-state index contributed by atoms with van der Waals surface area (Å²) in [5.74, 6) is 0.428. The van der Waals surface area contributed by atoms with Crippen molar-refractivity contribution in [2.24, 2.45) is 0 Å². The Morgan fingerprint density at radius 2 is 2.22 bits per heavy atom. The van der Waals surface area contributed by atoms with E-state index in [1.807, 2.05) is 0 Å². The number of nitrogens with one attached hydrogen (secondary N) is 2. The average Bonchev–Trinajstić information content (AvgIpc) is 2.81. The van der Waals surface area contributed by atoms with Gasteiger partial charge in [-0.3, -0.25) is 9.82 Å². The number of methoxy groups -OCH3 is 1. The summed E-state index contributed by atoms with van der Waals surface area (Å²) in [6.07, 6.45) is 2.80. The fourth-order valence-corrected chi connectivity index (χ4v) is 2.47. The highest BCUT2D eigenvalue weighted by Crippen LogP contribution is 2.25. The highest BCUT2D eigenvalue weighted by Gasteiger charge is 2.16. The van der Waals surface area contributed by atoms with Gasteiger partial charge in [0.25, 0.3) is 10.0 Å². The molecule has 0 fully saturated rings. The lowest BCUT2D eigenvalue weighted by Gasteiger charge is -2.08. The summed E-state index contributed by atoms with van der Waals surface area (Å²) in [6.45, 7) is 0. The van der Waals surface area contributed by atoms with Crippen molar-refractivity contribution in [3.63, 3.8) is 0 Å². The van der Waals surface area contributed by atoms with Gasteiger partial charge in [0.15, 0.2) is 0 Å². The van der Waals surface area contributed by atoms with Crippen LogP contribution in [0.4, 0.5) is 11.4 Å². The molecule has 0 saturated heterocycles. The number of ether oxygens (including phenoxy) is 1. The van der Waals surface area contributed by atoms with Gasteiger partial charge >= 0.3 is 0 Å². The zero-order chi connectivity index (χ0) is 13.2. The van der Waals surface area contributed by atoms with E-state index in [4.69, 9.17) is 10.5 Å². The number of aromatic nitrogens is 2. The Balaban J connectivity index is 2.33. The van der Waals surface area contributed by atoms with Gasteiger partial charge in [-0.05, 0) is 18.2 Å². The van der Waals surface area contributed by atoms with Crippen LogP contribution in [0, 0.1) is 0 Å². The summed E-state index contributed by atoms with van der Waals surface area (Å²) >= 11 is 0. The first-order valence-electron chi connectivity index (χ1n) is 4.98. The molecule has 18 heavy (non-hydrogen) atoms. The number of hydrogen-bond donors (Lipinski definition) is 3. The maximum atomic E-state index is 12.0. The van der Waals surface area contributed by atoms with Crippen molar-refractivity contribution in [2.45, 2.75) is 4.90 Å². The third-order valence-electron chi connectivity index (χ3n) is 2.26. The Kier molecular flexibility index (Phi) is 3.11. The third-order valence-corrected chi connectivity index (χ3v) is 3.64. The minimum absolute atomic E-state index is 0.0574. The lowest BCUT2D eigenvalue weighted by Crippen LogP contribution is -2.12. The van der Waals surface area contributed by atoms with E-state index in [1.54, 1.807) is 0 Å². The normalized spacial score (nSPS) is 11.2. The van der Waals surface area contributed by atoms with E-state index in [0.29, 0.717) is 11.4 Å². The van der Waals surface area contributed by atoms with Crippen LogP contribution in [0.1, 0.15) is 0 Å². The van der Waals surface area contributed by atoms with Crippen molar-refractivity contribution in [2.75, 3.05) is 17.6 Å². The fourth-order valence-electron chi connectivity index (χ4n) is 1.40. The quantitative estimate of drug-likeness (QED) is 0.710. The molecule has 2 rings (SSSR count). The van der Waals surface area contributed by atoms with Crippen LogP contribution in [0.15, 0.2) is 35.5 Å². The molecule has 0 bridgehead atoms. The topological polar surface area (TPSA) is 110 Å². The molecule has 0 aliphatic carbocycles. The summed E-state index contributed by atoms with van der Waals surface area (Å²) in [5, 5.41) is 6.16. The van der Waals surface area contributed by atoms with Crippen LogP contribution in [0.5, 0.6) is 5.75 Å². The molecule has 0 radical (unpaired) electrons. The molecule has 0 amide bonds. The molecule has 0 aliphatic rings. The molecule has 2 aromatic rings. The molecule has 0 saturated carbocycles. The van der Waals surface area contributed by atoms with Crippen molar-refractivity contribution < 1.29 is 13.2 Å². The summed E-state index contributed by atoms with van der Waals surface area (Å²) < 4.78 is 31.3. The van der Waals surface area contributed by atoms with Gasteiger partial charge in [0, 0.05) is 6.20 Å². The largest absolute Gasteiger partial charge is 0.495 e. The van der Waals surface area contributed by atoms with Crippen molar-refractivity contribution in [3.05, 3.63) is 30.6 Å². The Labute approximate surface area is 104 Å². The van der Waals surface area contributed by atoms with E-state index >= 15 is 0 Å². The third kappa shape index (κ3) is 2.38. The van der Waals surface area contributed by atoms with Crippen LogP contribution in [0.2, 0.25) is 0 Å². The molecular weight excluding hydrogens is 256 g/mol. The summed E-state index contributed by atoms with van der Waals surface area (Å²) in [4.78, 5) is 0.0574. The minimum atomic E-state index is -3.68. The number of nitrogens with two attached hydrogens (primary N) is 1. The van der Waals surface area contributed by atoms with Crippen LogP contribution in [-0.4, -0.2) is 25.7 Å². The predicted octanol–water partition coefficient (Wildman–Crippen LogP) is 0.801. The van der Waals surface area contributed by atoms with E-state index in [9.17, 15) is 8.42 Å². The summed E-state index contributed by atoms with van der Waals surface area (Å²) in [6, 6.07) is 4.25. The molecule has 96 valence electrons. The Bertz CT molecular complexity index is 637. The number of aromatic amines is 1. The van der Waals surface area contributed by atoms with Gasteiger partial charge in [0.05, 0.1) is 29.6 Å². The lowest BCUT2D eigenvalue weighted by molar-refractivity contribution is 0.416. The average molecular weight is 268 g/mol. The van der Waals surface area contributed by atoms with Gasteiger partial charge in [-0.1, -0.05) is 0 Å². The highest BCUT2D eigenvalue weighted by atomic mass is 32.2. The second kappa shape index (κ2) is 4.57. The number of H-pyrrole nitrogens is 1. The van der Waals surface area contributed by atoms with E-state index in [-0.39, 0.29) is 10.6 Å². The first kappa shape index (κ1) is 12.2. The van der Waals surface area contributed by atoms with Gasteiger partial charge in [-0.25, -0.2) is 8.42 Å². The second-order valence-electron chi connectivity index (χ2n) is 3.50. The second-order valence-corrected chi connectivity index (χ2v) is 5.18. The molecule has 0 spiro atoms. The van der Waals surface area contributed by atoms with Crippen molar-refractivity contribution in [1.29, 1.82) is 0 Å². The van der Waals surface area contributed by atoms with Crippen molar-refractivity contribution in [3.8, 4) is 5.75 Å². The highest BCUT2D eigenvalue weighted by molar-refractivity contribution is 7.92. The molecular formula is C10H12N4O3S. The number of anilines is 2. The standard InChI is InChI=1S/C10H12N4O3S/c1-17-10-3-2-8(4-9(10)11)18(15,16)14-7-5-12-13-6-7/h2-6,14H,11H2,1H3,(H,12,13). The fraction of sp³-hybridized carbons (Fsp3) is 0.100. The maximum absolute atomic E-state index is 12.0. The van der Waals surface area contributed by atoms with Gasteiger partial charge in [-0.2, -0.15) is 5.10 Å². The molecule has 4 N–H and O–H groups in total. The molecule has 1 aromatic carbocycles. The minimum Gasteiger partial charge on any atom is -0.495 e. The van der Waals surface area contributed by atoms with Crippen LogP contribution in [-0.2, 0) is 10.0 Å².